The van der Waals surface area contributed by atoms with Gasteiger partial charge in [-0.1, -0.05) is 30.3 Å². The van der Waals surface area contributed by atoms with Crippen molar-refractivity contribution >= 4 is 10.8 Å². The van der Waals surface area contributed by atoms with Crippen LogP contribution < -0.4 is 4.74 Å². The van der Waals surface area contributed by atoms with Crippen LogP contribution in [0.5, 0.6) is 5.75 Å². The summed E-state index contributed by atoms with van der Waals surface area (Å²) in [5.74, 6) is 0.486. The van der Waals surface area contributed by atoms with Crippen molar-refractivity contribution in [2.75, 3.05) is 13.2 Å². The van der Waals surface area contributed by atoms with Crippen LogP contribution in [-0.2, 0) is 16.8 Å². The molecule has 3 nitrogen and oxygen atoms in total. The zero-order valence-electron chi connectivity index (χ0n) is 15.0. The van der Waals surface area contributed by atoms with Gasteiger partial charge in [-0.2, -0.15) is 5.26 Å². The molecule has 0 N–H and O–H groups in total. The van der Waals surface area contributed by atoms with Crippen molar-refractivity contribution in [2.24, 2.45) is 0 Å². The van der Waals surface area contributed by atoms with Gasteiger partial charge in [0, 0.05) is 13.2 Å². The maximum absolute atomic E-state index is 13.4. The third-order valence-electron chi connectivity index (χ3n) is 5.22. The minimum atomic E-state index is -0.502. The van der Waals surface area contributed by atoms with Crippen LogP contribution in [0.2, 0.25) is 0 Å². The van der Waals surface area contributed by atoms with E-state index in [2.05, 4.69) is 6.07 Å². The minimum absolute atomic E-state index is 0.244. The van der Waals surface area contributed by atoms with E-state index in [1.807, 2.05) is 42.5 Å². The van der Waals surface area contributed by atoms with E-state index in [0.29, 0.717) is 32.7 Å². The van der Waals surface area contributed by atoms with Gasteiger partial charge in [0.2, 0.25) is 0 Å². The molecule has 3 aromatic rings. The lowest BCUT2D eigenvalue weighted by Crippen LogP contribution is -2.32. The Hall–Kier alpha value is -2.90. The van der Waals surface area contributed by atoms with E-state index in [4.69, 9.17) is 9.47 Å². The largest absolute Gasteiger partial charge is 0.489 e. The van der Waals surface area contributed by atoms with E-state index >= 15 is 0 Å². The van der Waals surface area contributed by atoms with Crippen LogP contribution in [0.15, 0.2) is 60.7 Å². The zero-order chi connectivity index (χ0) is 18.7. The molecule has 0 atom stereocenters. The van der Waals surface area contributed by atoms with Gasteiger partial charge < -0.3 is 9.47 Å². The highest BCUT2D eigenvalue weighted by atomic mass is 19.1. The SMILES string of the molecule is N#CC1(c2cccc(OCc3ccc4ccc(F)cc4c3)c2)CCOCC1. The fraction of sp³-hybridized carbons (Fsp3) is 0.261. The molecule has 4 rings (SSSR count). The molecule has 0 aliphatic carbocycles. The fourth-order valence-electron chi connectivity index (χ4n) is 3.59. The molecule has 1 saturated heterocycles. The Morgan fingerprint density at radius 2 is 1.81 bits per heavy atom. The summed E-state index contributed by atoms with van der Waals surface area (Å²) in [6.45, 7) is 1.59. The Labute approximate surface area is 158 Å². The van der Waals surface area contributed by atoms with Crippen molar-refractivity contribution in [3.63, 3.8) is 0 Å². The molecule has 4 heteroatoms. The number of rotatable bonds is 4. The standard InChI is InChI=1S/C23H20FNO2/c24-21-7-6-18-5-4-17(12-19(18)13-21)15-27-22-3-1-2-20(14-22)23(16-25)8-10-26-11-9-23/h1-7,12-14H,8-11,15H2. The van der Waals surface area contributed by atoms with E-state index < -0.39 is 5.41 Å². The van der Waals surface area contributed by atoms with Crippen molar-refractivity contribution in [3.05, 3.63) is 77.6 Å². The number of hydrogen-bond donors (Lipinski definition) is 0. The molecule has 0 saturated carbocycles. The first-order valence-corrected chi connectivity index (χ1v) is 9.09. The van der Waals surface area contributed by atoms with Crippen LogP contribution in [0, 0.1) is 17.1 Å². The van der Waals surface area contributed by atoms with Gasteiger partial charge in [0.1, 0.15) is 18.2 Å². The number of ether oxygens (including phenoxy) is 2. The lowest BCUT2D eigenvalue weighted by molar-refractivity contribution is 0.0674. The van der Waals surface area contributed by atoms with Crippen LogP contribution in [-0.4, -0.2) is 13.2 Å². The Morgan fingerprint density at radius 3 is 2.63 bits per heavy atom. The summed E-state index contributed by atoms with van der Waals surface area (Å²) in [7, 11) is 0. The molecule has 0 radical (unpaired) electrons. The van der Waals surface area contributed by atoms with Crippen LogP contribution in [0.3, 0.4) is 0 Å². The smallest absolute Gasteiger partial charge is 0.123 e. The normalized spacial score (nSPS) is 16.0. The van der Waals surface area contributed by atoms with Gasteiger partial charge in [-0.15, -0.1) is 0 Å². The summed E-state index contributed by atoms with van der Waals surface area (Å²) in [5, 5.41) is 11.6. The number of nitrogens with zero attached hydrogens (tertiary/aromatic N) is 1. The van der Waals surface area contributed by atoms with E-state index in [9.17, 15) is 9.65 Å². The van der Waals surface area contributed by atoms with Crippen molar-refractivity contribution in [3.8, 4) is 11.8 Å². The average molecular weight is 361 g/mol. The molecule has 1 aliphatic heterocycles. The molecular formula is C23H20FNO2. The van der Waals surface area contributed by atoms with Crippen molar-refractivity contribution in [2.45, 2.75) is 24.9 Å². The van der Waals surface area contributed by atoms with E-state index in [1.165, 1.54) is 12.1 Å². The van der Waals surface area contributed by atoms with Crippen LogP contribution in [0.4, 0.5) is 4.39 Å². The summed E-state index contributed by atoms with van der Waals surface area (Å²) in [6.07, 6.45) is 1.40. The van der Waals surface area contributed by atoms with Crippen LogP contribution in [0.25, 0.3) is 10.8 Å². The second-order valence-electron chi connectivity index (χ2n) is 6.95. The Bertz CT molecular complexity index is 1000. The first-order valence-electron chi connectivity index (χ1n) is 9.09. The van der Waals surface area contributed by atoms with E-state index in [-0.39, 0.29) is 5.82 Å². The minimum Gasteiger partial charge on any atom is -0.489 e. The first kappa shape index (κ1) is 17.5. The van der Waals surface area contributed by atoms with Crippen molar-refractivity contribution in [1.29, 1.82) is 5.26 Å². The second-order valence-corrected chi connectivity index (χ2v) is 6.95. The highest BCUT2D eigenvalue weighted by Crippen LogP contribution is 2.35. The third-order valence-corrected chi connectivity index (χ3v) is 5.22. The molecular weight excluding hydrogens is 341 g/mol. The molecule has 0 spiro atoms. The Kier molecular flexibility index (Phi) is 4.79. The number of nitriles is 1. The first-order chi connectivity index (χ1) is 13.2. The maximum Gasteiger partial charge on any atom is 0.123 e. The van der Waals surface area contributed by atoms with Gasteiger partial charge in [-0.25, -0.2) is 4.39 Å². The molecule has 1 fully saturated rings. The van der Waals surface area contributed by atoms with E-state index in [1.54, 1.807) is 6.07 Å². The molecule has 0 amide bonds. The molecule has 0 aromatic heterocycles. The second kappa shape index (κ2) is 7.38. The maximum atomic E-state index is 13.4. The quantitative estimate of drug-likeness (QED) is 0.647. The highest BCUT2D eigenvalue weighted by molar-refractivity contribution is 5.83. The summed E-state index contributed by atoms with van der Waals surface area (Å²) >= 11 is 0. The Morgan fingerprint density at radius 1 is 1.00 bits per heavy atom. The van der Waals surface area contributed by atoms with Gasteiger partial charge >= 0.3 is 0 Å². The van der Waals surface area contributed by atoms with Crippen molar-refractivity contribution in [1.82, 2.24) is 0 Å². The lowest BCUT2D eigenvalue weighted by atomic mass is 9.75. The molecule has 3 aromatic carbocycles. The summed E-state index contributed by atoms with van der Waals surface area (Å²) in [5.41, 5.74) is 1.45. The van der Waals surface area contributed by atoms with Gasteiger partial charge in [-0.3, -0.25) is 0 Å². The average Bonchev–Trinajstić information content (AvgIpc) is 2.72. The van der Waals surface area contributed by atoms with Gasteiger partial charge in [-0.05, 0) is 65.1 Å². The number of halogens is 1. The monoisotopic (exact) mass is 361 g/mol. The number of benzene rings is 3. The molecule has 1 aliphatic rings. The van der Waals surface area contributed by atoms with Gasteiger partial charge in [0.25, 0.3) is 0 Å². The summed E-state index contributed by atoms with van der Waals surface area (Å²) < 4.78 is 24.8. The molecule has 0 unspecified atom stereocenters. The third kappa shape index (κ3) is 3.65. The number of hydrogen-bond acceptors (Lipinski definition) is 3. The van der Waals surface area contributed by atoms with Gasteiger partial charge in [0.05, 0.1) is 11.5 Å². The molecule has 1 heterocycles. The topological polar surface area (TPSA) is 42.2 Å². The van der Waals surface area contributed by atoms with Crippen LogP contribution >= 0.6 is 0 Å². The highest BCUT2D eigenvalue weighted by Gasteiger charge is 2.34. The lowest BCUT2D eigenvalue weighted by Gasteiger charge is -2.31. The number of fused-ring (bicyclic) bond motifs is 1. The van der Waals surface area contributed by atoms with Crippen LogP contribution in [0.1, 0.15) is 24.0 Å². The predicted octanol–water partition coefficient (Wildman–Crippen LogP) is 5.13. The molecule has 136 valence electrons. The Balaban J connectivity index is 1.53. The predicted molar refractivity (Wildman–Crippen MR) is 102 cm³/mol. The van der Waals surface area contributed by atoms with Crippen molar-refractivity contribution < 1.29 is 13.9 Å². The summed E-state index contributed by atoms with van der Waals surface area (Å²) in [4.78, 5) is 0. The zero-order valence-corrected chi connectivity index (χ0v) is 15.0. The molecule has 27 heavy (non-hydrogen) atoms. The van der Waals surface area contributed by atoms with Gasteiger partial charge in [0.15, 0.2) is 0 Å². The fourth-order valence-corrected chi connectivity index (χ4v) is 3.59. The summed E-state index contributed by atoms with van der Waals surface area (Å²) in [6, 6.07) is 20.9. The molecule has 0 bridgehead atoms. The van der Waals surface area contributed by atoms with E-state index in [0.717, 1.165) is 27.6 Å².